The minimum atomic E-state index is -1.15. The lowest BCUT2D eigenvalue weighted by Gasteiger charge is -2.07. The number of hydroxylamine groups is 1. The van der Waals surface area contributed by atoms with Crippen LogP contribution in [0.4, 0.5) is 4.79 Å². The molecule has 0 aliphatic rings. The molecule has 0 heterocycles. The van der Waals surface area contributed by atoms with Gasteiger partial charge in [0.25, 0.3) is 0 Å². The van der Waals surface area contributed by atoms with Crippen molar-refractivity contribution in [2.75, 3.05) is 6.61 Å². The summed E-state index contributed by atoms with van der Waals surface area (Å²) in [6, 6.07) is 7.10. The Bertz CT molecular complexity index is 406. The third-order valence-electron chi connectivity index (χ3n) is 1.90. The van der Waals surface area contributed by atoms with Crippen molar-refractivity contribution in [1.82, 2.24) is 10.8 Å². The summed E-state index contributed by atoms with van der Waals surface area (Å²) in [7, 11) is 0. The standard InChI is InChI=1S/C11H14N2O4/c1-8-3-2-4-9(5-8)6-12-11(16)13-17-7-10(14)15/h2-5H,6-7H2,1H3,(H,14,15)(H2,12,13,16). The van der Waals surface area contributed by atoms with E-state index in [-0.39, 0.29) is 0 Å². The Hall–Kier alpha value is -2.08. The highest BCUT2D eigenvalue weighted by Gasteiger charge is 2.02. The predicted molar refractivity (Wildman–Crippen MR) is 60.1 cm³/mol. The van der Waals surface area contributed by atoms with Crippen molar-refractivity contribution >= 4 is 12.0 Å². The second-order valence-corrected chi connectivity index (χ2v) is 3.46. The molecule has 6 heteroatoms. The molecule has 0 bridgehead atoms. The summed E-state index contributed by atoms with van der Waals surface area (Å²) < 4.78 is 0. The molecule has 0 saturated heterocycles. The molecule has 1 aromatic carbocycles. The maximum absolute atomic E-state index is 11.1. The highest BCUT2D eigenvalue weighted by Crippen LogP contribution is 2.02. The van der Waals surface area contributed by atoms with Crippen molar-refractivity contribution < 1.29 is 19.5 Å². The zero-order valence-electron chi connectivity index (χ0n) is 9.40. The van der Waals surface area contributed by atoms with Gasteiger partial charge in [-0.3, -0.25) is 4.84 Å². The van der Waals surface area contributed by atoms with Crippen molar-refractivity contribution in [2.24, 2.45) is 0 Å². The zero-order chi connectivity index (χ0) is 12.7. The van der Waals surface area contributed by atoms with Gasteiger partial charge in [0, 0.05) is 6.54 Å². The van der Waals surface area contributed by atoms with Gasteiger partial charge in [0.05, 0.1) is 0 Å². The van der Waals surface area contributed by atoms with E-state index < -0.39 is 18.6 Å². The van der Waals surface area contributed by atoms with Crippen molar-refractivity contribution in [1.29, 1.82) is 0 Å². The number of aliphatic carboxylic acids is 1. The lowest BCUT2D eigenvalue weighted by molar-refractivity contribution is -0.144. The molecule has 6 nitrogen and oxygen atoms in total. The highest BCUT2D eigenvalue weighted by molar-refractivity contribution is 5.73. The first-order valence-corrected chi connectivity index (χ1v) is 5.01. The van der Waals surface area contributed by atoms with E-state index >= 15 is 0 Å². The number of carbonyl (C=O) groups excluding carboxylic acids is 1. The average Bonchev–Trinajstić information content (AvgIpc) is 2.26. The maximum Gasteiger partial charge on any atom is 0.338 e. The van der Waals surface area contributed by atoms with Crippen LogP contribution < -0.4 is 10.8 Å². The van der Waals surface area contributed by atoms with Crippen LogP contribution in [0.2, 0.25) is 0 Å². The van der Waals surface area contributed by atoms with Gasteiger partial charge in [-0.25, -0.2) is 15.1 Å². The molecule has 2 amide bonds. The van der Waals surface area contributed by atoms with Gasteiger partial charge in [0.2, 0.25) is 0 Å². The number of carboxylic acid groups (broad SMARTS) is 1. The topological polar surface area (TPSA) is 87.7 Å². The van der Waals surface area contributed by atoms with E-state index in [4.69, 9.17) is 5.11 Å². The fraction of sp³-hybridized carbons (Fsp3) is 0.273. The molecule has 1 aromatic rings. The monoisotopic (exact) mass is 238 g/mol. The second-order valence-electron chi connectivity index (χ2n) is 3.46. The van der Waals surface area contributed by atoms with E-state index in [2.05, 4.69) is 10.2 Å². The first-order chi connectivity index (χ1) is 8.08. The first-order valence-electron chi connectivity index (χ1n) is 5.01. The molecule has 0 aliphatic carbocycles. The van der Waals surface area contributed by atoms with Gasteiger partial charge in [-0.1, -0.05) is 29.8 Å². The number of benzene rings is 1. The van der Waals surface area contributed by atoms with Gasteiger partial charge in [0.15, 0.2) is 6.61 Å². The van der Waals surface area contributed by atoms with Crippen molar-refractivity contribution in [3.8, 4) is 0 Å². The van der Waals surface area contributed by atoms with Crippen LogP contribution in [0, 0.1) is 6.92 Å². The lowest BCUT2D eigenvalue weighted by atomic mass is 10.1. The van der Waals surface area contributed by atoms with Gasteiger partial charge in [0.1, 0.15) is 0 Å². The van der Waals surface area contributed by atoms with Crippen LogP contribution >= 0.6 is 0 Å². The Labute approximate surface area is 98.5 Å². The average molecular weight is 238 g/mol. The number of urea groups is 1. The Morgan fingerprint density at radius 3 is 2.82 bits per heavy atom. The quantitative estimate of drug-likeness (QED) is 0.662. The largest absolute Gasteiger partial charge is 0.479 e. The smallest absolute Gasteiger partial charge is 0.338 e. The Kier molecular flexibility index (Phi) is 4.96. The number of carboxylic acids is 1. The van der Waals surface area contributed by atoms with E-state index in [1.807, 2.05) is 36.7 Å². The van der Waals surface area contributed by atoms with E-state index in [1.54, 1.807) is 0 Å². The molecule has 0 saturated carbocycles. The molecule has 92 valence electrons. The molecule has 0 spiro atoms. The maximum atomic E-state index is 11.1. The summed E-state index contributed by atoms with van der Waals surface area (Å²) >= 11 is 0. The highest BCUT2D eigenvalue weighted by atomic mass is 16.7. The summed E-state index contributed by atoms with van der Waals surface area (Å²) in [5.41, 5.74) is 4.03. The lowest BCUT2D eigenvalue weighted by Crippen LogP contribution is -2.36. The molecule has 1 rings (SSSR count). The first kappa shape index (κ1) is 13.0. The number of amides is 2. The third-order valence-corrected chi connectivity index (χ3v) is 1.90. The molecule has 0 unspecified atom stereocenters. The Balaban J connectivity index is 2.26. The van der Waals surface area contributed by atoms with E-state index in [1.165, 1.54) is 0 Å². The third kappa shape index (κ3) is 5.53. The minimum absolute atomic E-state index is 0.351. The summed E-state index contributed by atoms with van der Waals surface area (Å²) in [6.07, 6.45) is 0. The summed E-state index contributed by atoms with van der Waals surface area (Å²) in [4.78, 5) is 25.7. The fourth-order valence-corrected chi connectivity index (χ4v) is 1.20. The number of rotatable bonds is 5. The molecular formula is C11H14N2O4. The van der Waals surface area contributed by atoms with E-state index in [0.717, 1.165) is 11.1 Å². The second kappa shape index (κ2) is 6.49. The van der Waals surface area contributed by atoms with Gasteiger partial charge >= 0.3 is 12.0 Å². The molecule has 0 fully saturated rings. The molecular weight excluding hydrogens is 224 g/mol. The SMILES string of the molecule is Cc1cccc(CNC(=O)NOCC(=O)O)c1. The van der Waals surface area contributed by atoms with Crippen molar-refractivity contribution in [3.63, 3.8) is 0 Å². The van der Waals surface area contributed by atoms with Crippen LogP contribution in [0.15, 0.2) is 24.3 Å². The molecule has 0 aromatic heterocycles. The van der Waals surface area contributed by atoms with Gasteiger partial charge in [-0.15, -0.1) is 0 Å². The molecule has 0 aliphatic heterocycles. The Morgan fingerprint density at radius 1 is 1.41 bits per heavy atom. The van der Waals surface area contributed by atoms with Crippen molar-refractivity contribution in [3.05, 3.63) is 35.4 Å². The van der Waals surface area contributed by atoms with Crippen LogP contribution in [0.25, 0.3) is 0 Å². The number of hydrogen-bond donors (Lipinski definition) is 3. The van der Waals surface area contributed by atoms with E-state index in [0.29, 0.717) is 6.54 Å². The van der Waals surface area contributed by atoms with Crippen LogP contribution in [0.3, 0.4) is 0 Å². The molecule has 17 heavy (non-hydrogen) atoms. The van der Waals surface area contributed by atoms with E-state index in [9.17, 15) is 9.59 Å². The van der Waals surface area contributed by atoms with Crippen LogP contribution in [0.1, 0.15) is 11.1 Å². The minimum Gasteiger partial charge on any atom is -0.479 e. The van der Waals surface area contributed by atoms with Crippen LogP contribution in [-0.2, 0) is 16.2 Å². The van der Waals surface area contributed by atoms with Gasteiger partial charge in [-0.2, -0.15) is 0 Å². The summed E-state index contributed by atoms with van der Waals surface area (Å²) in [6.45, 7) is 1.74. The molecule has 0 atom stereocenters. The van der Waals surface area contributed by atoms with Gasteiger partial charge in [-0.05, 0) is 12.5 Å². The molecule has 3 N–H and O–H groups in total. The van der Waals surface area contributed by atoms with Crippen molar-refractivity contribution in [2.45, 2.75) is 13.5 Å². The van der Waals surface area contributed by atoms with Gasteiger partial charge < -0.3 is 10.4 Å². The summed E-state index contributed by atoms with van der Waals surface area (Å²) in [5.74, 6) is -1.15. The number of aryl methyl sites for hydroxylation is 1. The number of carbonyl (C=O) groups is 2. The predicted octanol–water partition coefficient (Wildman–Crippen LogP) is 0.810. The number of nitrogens with one attached hydrogen (secondary N) is 2. The van der Waals surface area contributed by atoms with Crippen LogP contribution in [0.5, 0.6) is 0 Å². The Morgan fingerprint density at radius 2 is 2.18 bits per heavy atom. The normalized spacial score (nSPS) is 9.71. The fourth-order valence-electron chi connectivity index (χ4n) is 1.20. The molecule has 0 radical (unpaired) electrons. The number of hydrogen-bond acceptors (Lipinski definition) is 3. The van der Waals surface area contributed by atoms with Crippen LogP contribution in [-0.4, -0.2) is 23.7 Å². The summed E-state index contributed by atoms with van der Waals surface area (Å²) in [5, 5.41) is 10.8. The zero-order valence-corrected chi connectivity index (χ0v) is 9.40.